The second-order valence-corrected chi connectivity index (χ2v) is 5.09. The maximum absolute atomic E-state index is 5.69. The van der Waals surface area contributed by atoms with Crippen molar-refractivity contribution in [1.82, 2.24) is 10.2 Å². The summed E-state index contributed by atoms with van der Waals surface area (Å²) in [5, 5.41) is 3.46. The Bertz CT molecular complexity index is 424. The first kappa shape index (κ1) is 17.1. The number of nitrogens with one attached hydrogen (secondary N) is 1. The number of hydrogen-bond donors (Lipinski definition) is 1. The number of hydrogen-bond acceptors (Lipinski definition) is 2. The molecule has 1 saturated carbocycles. The zero-order valence-corrected chi connectivity index (χ0v) is 14.7. The van der Waals surface area contributed by atoms with Gasteiger partial charge in [0.2, 0.25) is 0 Å². The molecule has 1 aromatic rings. The number of ether oxygens (including phenoxy) is 1. The molecule has 2 atom stereocenters. The maximum Gasteiger partial charge on any atom is 0.193 e. The fourth-order valence-corrected chi connectivity index (χ4v) is 1.96. The maximum atomic E-state index is 5.69. The van der Waals surface area contributed by atoms with Gasteiger partial charge >= 0.3 is 0 Å². The molecule has 20 heavy (non-hydrogen) atoms. The van der Waals surface area contributed by atoms with Crippen molar-refractivity contribution in [3.05, 3.63) is 30.3 Å². The van der Waals surface area contributed by atoms with Crippen molar-refractivity contribution in [3.63, 3.8) is 0 Å². The highest BCUT2D eigenvalue weighted by atomic mass is 127. The van der Waals surface area contributed by atoms with Crippen LogP contribution in [-0.4, -0.2) is 44.1 Å². The number of guanidine groups is 1. The van der Waals surface area contributed by atoms with Crippen LogP contribution >= 0.6 is 24.0 Å². The van der Waals surface area contributed by atoms with Gasteiger partial charge in [0.1, 0.15) is 12.4 Å². The molecule has 0 radical (unpaired) electrons. The largest absolute Gasteiger partial charge is 0.492 e. The third kappa shape index (κ3) is 5.19. The molecule has 1 aliphatic carbocycles. The molecule has 5 heteroatoms. The number of rotatable bonds is 5. The highest BCUT2D eigenvalue weighted by Gasteiger charge is 2.33. The summed E-state index contributed by atoms with van der Waals surface area (Å²) in [6, 6.07) is 10.5. The molecule has 2 rings (SSSR count). The zero-order chi connectivity index (χ0) is 13.7. The summed E-state index contributed by atoms with van der Waals surface area (Å²) in [7, 11) is 3.86. The third-order valence-corrected chi connectivity index (χ3v) is 3.44. The Hall–Kier alpha value is -0.980. The molecule has 0 amide bonds. The Morgan fingerprint density at radius 2 is 2.05 bits per heavy atom. The lowest BCUT2D eigenvalue weighted by Crippen LogP contribution is -2.42. The van der Waals surface area contributed by atoms with Gasteiger partial charge in [0.25, 0.3) is 0 Å². The summed E-state index contributed by atoms with van der Waals surface area (Å²) >= 11 is 0. The number of aliphatic imine (C=N–C) groups is 1. The van der Waals surface area contributed by atoms with Gasteiger partial charge in [0.05, 0.1) is 6.54 Å². The average molecular weight is 389 g/mol. The summed E-state index contributed by atoms with van der Waals surface area (Å²) in [5.41, 5.74) is 0. The summed E-state index contributed by atoms with van der Waals surface area (Å²) in [6.45, 7) is 3.72. The minimum atomic E-state index is 0. The summed E-state index contributed by atoms with van der Waals surface area (Å²) in [5.74, 6) is 2.63. The van der Waals surface area contributed by atoms with Crippen molar-refractivity contribution in [2.75, 3.05) is 27.2 Å². The van der Waals surface area contributed by atoms with E-state index in [1.54, 1.807) is 0 Å². The first-order valence-corrected chi connectivity index (χ1v) is 6.83. The third-order valence-electron chi connectivity index (χ3n) is 3.44. The summed E-state index contributed by atoms with van der Waals surface area (Å²) < 4.78 is 5.69. The van der Waals surface area contributed by atoms with E-state index < -0.39 is 0 Å². The molecule has 1 fully saturated rings. The summed E-state index contributed by atoms with van der Waals surface area (Å²) in [4.78, 5) is 6.41. The Kier molecular flexibility index (Phi) is 7.12. The van der Waals surface area contributed by atoms with Crippen LogP contribution in [0.15, 0.2) is 35.3 Å². The normalized spacial score (nSPS) is 20.9. The zero-order valence-electron chi connectivity index (χ0n) is 12.4. The molecular weight excluding hydrogens is 365 g/mol. The molecule has 0 spiro atoms. The van der Waals surface area contributed by atoms with Crippen LogP contribution in [0.2, 0.25) is 0 Å². The quantitative estimate of drug-likeness (QED) is 0.478. The van der Waals surface area contributed by atoms with Crippen LogP contribution in [0.1, 0.15) is 13.3 Å². The lowest BCUT2D eigenvalue weighted by Gasteiger charge is -2.22. The van der Waals surface area contributed by atoms with E-state index >= 15 is 0 Å². The van der Waals surface area contributed by atoms with E-state index in [1.165, 1.54) is 6.42 Å². The van der Waals surface area contributed by atoms with Gasteiger partial charge in [-0.2, -0.15) is 0 Å². The van der Waals surface area contributed by atoms with Gasteiger partial charge in [-0.25, -0.2) is 0 Å². The van der Waals surface area contributed by atoms with Gasteiger partial charge in [0.15, 0.2) is 5.96 Å². The van der Waals surface area contributed by atoms with E-state index in [2.05, 4.69) is 22.1 Å². The van der Waals surface area contributed by atoms with Gasteiger partial charge in [-0.3, -0.25) is 4.99 Å². The van der Waals surface area contributed by atoms with Gasteiger partial charge in [0, 0.05) is 20.1 Å². The SMILES string of the molecule is CN=C(NC1CC1C)N(C)CCOc1ccccc1.I. The molecule has 0 bridgehead atoms. The Labute approximate surface area is 138 Å². The number of nitrogens with zero attached hydrogens (tertiary/aromatic N) is 2. The minimum Gasteiger partial charge on any atom is -0.492 e. The smallest absolute Gasteiger partial charge is 0.193 e. The molecule has 1 aromatic carbocycles. The number of benzene rings is 1. The molecule has 1 aliphatic rings. The number of likely N-dealkylation sites (N-methyl/N-ethyl adjacent to an activating group) is 1. The Balaban J connectivity index is 0.00000200. The van der Waals surface area contributed by atoms with Crippen molar-refractivity contribution < 1.29 is 4.74 Å². The Morgan fingerprint density at radius 3 is 2.60 bits per heavy atom. The molecule has 0 heterocycles. The van der Waals surface area contributed by atoms with E-state index in [9.17, 15) is 0 Å². The van der Waals surface area contributed by atoms with Gasteiger partial charge in [-0.15, -0.1) is 24.0 Å². The number of para-hydroxylation sites is 1. The second kappa shape index (κ2) is 8.34. The predicted octanol–water partition coefficient (Wildman–Crippen LogP) is 2.60. The van der Waals surface area contributed by atoms with E-state index in [1.807, 2.05) is 44.4 Å². The molecule has 0 aliphatic heterocycles. The van der Waals surface area contributed by atoms with E-state index in [0.717, 1.165) is 24.2 Å². The monoisotopic (exact) mass is 389 g/mol. The van der Waals surface area contributed by atoms with Crippen LogP contribution < -0.4 is 10.1 Å². The molecular formula is C15H24IN3O. The van der Waals surface area contributed by atoms with Gasteiger partial charge in [-0.1, -0.05) is 25.1 Å². The second-order valence-electron chi connectivity index (χ2n) is 5.09. The molecule has 0 aromatic heterocycles. The molecule has 112 valence electrons. The summed E-state index contributed by atoms with van der Waals surface area (Å²) in [6.07, 6.45) is 1.24. The first-order chi connectivity index (χ1) is 9.20. The highest BCUT2D eigenvalue weighted by molar-refractivity contribution is 14.0. The molecule has 4 nitrogen and oxygen atoms in total. The predicted molar refractivity (Wildman–Crippen MR) is 94.0 cm³/mol. The van der Waals surface area contributed by atoms with E-state index in [0.29, 0.717) is 12.6 Å². The Morgan fingerprint density at radius 1 is 1.40 bits per heavy atom. The molecule has 1 N–H and O–H groups in total. The van der Waals surface area contributed by atoms with Gasteiger partial charge in [-0.05, 0) is 24.5 Å². The fraction of sp³-hybridized carbons (Fsp3) is 0.533. The first-order valence-electron chi connectivity index (χ1n) is 6.83. The van der Waals surface area contributed by atoms with Crippen molar-refractivity contribution in [2.45, 2.75) is 19.4 Å². The van der Waals surface area contributed by atoms with Crippen LogP contribution in [0.3, 0.4) is 0 Å². The van der Waals surface area contributed by atoms with Gasteiger partial charge < -0.3 is 15.0 Å². The van der Waals surface area contributed by atoms with Crippen molar-refractivity contribution in [1.29, 1.82) is 0 Å². The average Bonchev–Trinajstić information content (AvgIpc) is 3.12. The standard InChI is InChI=1S/C15H23N3O.HI/c1-12-11-14(12)17-15(16-2)18(3)9-10-19-13-7-5-4-6-8-13;/h4-8,12,14H,9-11H2,1-3H3,(H,16,17);1H. The van der Waals surface area contributed by atoms with Crippen LogP contribution in [0.4, 0.5) is 0 Å². The van der Waals surface area contributed by atoms with E-state index in [-0.39, 0.29) is 24.0 Å². The highest BCUT2D eigenvalue weighted by Crippen LogP contribution is 2.28. The lowest BCUT2D eigenvalue weighted by molar-refractivity contribution is 0.281. The van der Waals surface area contributed by atoms with Crippen LogP contribution in [0, 0.1) is 5.92 Å². The minimum absolute atomic E-state index is 0. The van der Waals surface area contributed by atoms with Crippen LogP contribution in [0.5, 0.6) is 5.75 Å². The van der Waals surface area contributed by atoms with Crippen molar-refractivity contribution in [2.24, 2.45) is 10.9 Å². The topological polar surface area (TPSA) is 36.9 Å². The lowest BCUT2D eigenvalue weighted by atomic mass is 10.3. The van der Waals surface area contributed by atoms with Crippen molar-refractivity contribution >= 4 is 29.9 Å². The molecule has 0 saturated heterocycles. The molecule has 2 unspecified atom stereocenters. The van der Waals surface area contributed by atoms with Crippen LogP contribution in [0.25, 0.3) is 0 Å². The van der Waals surface area contributed by atoms with Crippen molar-refractivity contribution in [3.8, 4) is 5.75 Å². The number of halogens is 1. The van der Waals surface area contributed by atoms with Crippen LogP contribution in [-0.2, 0) is 0 Å². The van der Waals surface area contributed by atoms with E-state index in [4.69, 9.17) is 4.74 Å². The fourth-order valence-electron chi connectivity index (χ4n) is 1.96.